The number of thiazole rings is 1. The summed E-state index contributed by atoms with van der Waals surface area (Å²) in [7, 11) is 1.69. The Morgan fingerprint density at radius 2 is 2.00 bits per heavy atom. The molecule has 0 amide bonds. The molecule has 1 fully saturated rings. The Morgan fingerprint density at radius 3 is 2.79 bits per heavy atom. The van der Waals surface area contributed by atoms with Gasteiger partial charge in [-0.1, -0.05) is 6.07 Å². The summed E-state index contributed by atoms with van der Waals surface area (Å²) >= 11 is 1.92. The van der Waals surface area contributed by atoms with Crippen molar-refractivity contribution in [2.24, 2.45) is 0 Å². The van der Waals surface area contributed by atoms with Crippen molar-refractivity contribution in [3.05, 3.63) is 34.5 Å². The number of hydrogen-bond acceptors (Lipinski definition) is 6. The Balaban J connectivity index is 1.37. The number of methoxy groups -OCH3 is 1. The fraction of sp³-hybridized carbons (Fsp3) is 0.556. The fourth-order valence-corrected chi connectivity index (χ4v) is 4.74. The first-order valence-electron chi connectivity index (χ1n) is 8.77. The maximum atomic E-state index is 5.37. The lowest BCUT2D eigenvalue weighted by Gasteiger charge is -2.34. The van der Waals surface area contributed by atoms with E-state index in [1.54, 1.807) is 13.3 Å². The molecule has 0 spiro atoms. The summed E-state index contributed by atoms with van der Waals surface area (Å²) in [4.78, 5) is 15.7. The summed E-state index contributed by atoms with van der Waals surface area (Å²) in [5, 5.41) is 1.24. The van der Waals surface area contributed by atoms with Gasteiger partial charge in [-0.15, -0.1) is 11.3 Å². The number of aryl methyl sites for hydroxylation is 2. The summed E-state index contributed by atoms with van der Waals surface area (Å²) in [5.41, 5.74) is 2.53. The second-order valence-corrected chi connectivity index (χ2v) is 7.57. The summed E-state index contributed by atoms with van der Waals surface area (Å²) in [5.74, 6) is 0.743. The van der Waals surface area contributed by atoms with Crippen molar-refractivity contribution in [1.82, 2.24) is 14.9 Å². The van der Waals surface area contributed by atoms with Crippen LogP contribution in [0.4, 0.5) is 5.13 Å². The van der Waals surface area contributed by atoms with Gasteiger partial charge in [0.2, 0.25) is 5.88 Å². The number of aromatic nitrogens is 2. The van der Waals surface area contributed by atoms with Gasteiger partial charge < -0.3 is 9.64 Å². The predicted octanol–water partition coefficient (Wildman–Crippen LogP) is 2.75. The van der Waals surface area contributed by atoms with Crippen LogP contribution >= 0.6 is 11.3 Å². The Labute approximate surface area is 147 Å². The van der Waals surface area contributed by atoms with Gasteiger partial charge in [0.05, 0.1) is 12.8 Å². The van der Waals surface area contributed by atoms with Crippen molar-refractivity contribution in [3.63, 3.8) is 0 Å². The lowest BCUT2D eigenvalue weighted by Crippen LogP contribution is -2.46. The van der Waals surface area contributed by atoms with E-state index >= 15 is 0 Å². The number of pyridine rings is 1. The normalized spacial score (nSPS) is 18.5. The molecule has 1 aliphatic carbocycles. The molecular formula is C18H24N4OS. The second kappa shape index (κ2) is 7.07. The van der Waals surface area contributed by atoms with Crippen molar-refractivity contribution in [2.45, 2.75) is 32.2 Å². The van der Waals surface area contributed by atoms with Crippen LogP contribution in [0.3, 0.4) is 0 Å². The van der Waals surface area contributed by atoms with E-state index in [-0.39, 0.29) is 0 Å². The number of ether oxygens (including phenoxy) is 1. The summed E-state index contributed by atoms with van der Waals surface area (Å²) in [6, 6.07) is 4.08. The van der Waals surface area contributed by atoms with Crippen LogP contribution in [-0.4, -0.2) is 48.2 Å². The second-order valence-electron chi connectivity index (χ2n) is 6.51. The van der Waals surface area contributed by atoms with Crippen LogP contribution < -0.4 is 9.64 Å². The number of fused-ring (bicyclic) bond motifs is 1. The largest absolute Gasteiger partial charge is 0.481 e. The van der Waals surface area contributed by atoms with E-state index < -0.39 is 0 Å². The molecule has 2 aliphatic rings. The standard InChI is InChI=1S/C18H24N4OS/c1-23-17-14(5-4-8-19-17)13-21-9-11-22(12-10-21)18-20-15-6-2-3-7-16(15)24-18/h4-5,8H,2-3,6-7,9-13H2,1H3. The number of anilines is 1. The zero-order valence-corrected chi connectivity index (χ0v) is 15.0. The smallest absolute Gasteiger partial charge is 0.217 e. The van der Waals surface area contributed by atoms with Gasteiger partial charge in [0, 0.05) is 49.4 Å². The van der Waals surface area contributed by atoms with Crippen molar-refractivity contribution in [2.75, 3.05) is 38.2 Å². The van der Waals surface area contributed by atoms with Gasteiger partial charge in [-0.05, 0) is 31.7 Å². The van der Waals surface area contributed by atoms with E-state index in [4.69, 9.17) is 9.72 Å². The molecule has 5 nitrogen and oxygen atoms in total. The van der Waals surface area contributed by atoms with Crippen molar-refractivity contribution in [1.29, 1.82) is 0 Å². The van der Waals surface area contributed by atoms with E-state index in [0.717, 1.165) is 44.2 Å². The summed E-state index contributed by atoms with van der Waals surface area (Å²) < 4.78 is 5.37. The third-order valence-electron chi connectivity index (χ3n) is 4.91. The lowest BCUT2D eigenvalue weighted by molar-refractivity contribution is 0.245. The van der Waals surface area contributed by atoms with Crippen LogP contribution in [0.15, 0.2) is 18.3 Å². The number of nitrogens with zero attached hydrogens (tertiary/aromatic N) is 4. The summed E-state index contributed by atoms with van der Waals surface area (Å²) in [6.07, 6.45) is 6.82. The van der Waals surface area contributed by atoms with Crippen LogP contribution in [-0.2, 0) is 19.4 Å². The molecule has 0 N–H and O–H groups in total. The minimum Gasteiger partial charge on any atom is -0.481 e. The Bertz CT molecular complexity index is 671. The third kappa shape index (κ3) is 3.26. The topological polar surface area (TPSA) is 41.5 Å². The van der Waals surface area contributed by atoms with Crippen molar-refractivity contribution in [3.8, 4) is 5.88 Å². The molecule has 0 bridgehead atoms. The third-order valence-corrected chi connectivity index (χ3v) is 6.13. The molecule has 2 aromatic rings. The Morgan fingerprint density at radius 1 is 1.17 bits per heavy atom. The molecule has 4 rings (SSSR count). The first-order chi connectivity index (χ1) is 11.8. The average molecular weight is 344 g/mol. The highest BCUT2D eigenvalue weighted by Gasteiger charge is 2.23. The van der Waals surface area contributed by atoms with Gasteiger partial charge in [-0.3, -0.25) is 4.90 Å². The molecule has 0 aromatic carbocycles. The van der Waals surface area contributed by atoms with E-state index in [2.05, 4.69) is 20.9 Å². The molecular weight excluding hydrogens is 320 g/mol. The van der Waals surface area contributed by atoms with Gasteiger partial charge in [0.25, 0.3) is 0 Å². The van der Waals surface area contributed by atoms with Gasteiger partial charge >= 0.3 is 0 Å². The Hall–Kier alpha value is -1.66. The van der Waals surface area contributed by atoms with Gasteiger partial charge in [0.1, 0.15) is 0 Å². The van der Waals surface area contributed by atoms with Gasteiger partial charge in [0.15, 0.2) is 5.13 Å². The highest BCUT2D eigenvalue weighted by Crippen LogP contribution is 2.32. The van der Waals surface area contributed by atoms with Crippen LogP contribution in [0, 0.1) is 0 Å². The molecule has 1 saturated heterocycles. The maximum Gasteiger partial charge on any atom is 0.217 e. The van der Waals surface area contributed by atoms with Gasteiger partial charge in [-0.2, -0.15) is 0 Å². The van der Waals surface area contributed by atoms with Crippen LogP contribution in [0.25, 0.3) is 0 Å². The first-order valence-corrected chi connectivity index (χ1v) is 9.59. The van der Waals surface area contributed by atoms with E-state index in [9.17, 15) is 0 Å². The zero-order valence-electron chi connectivity index (χ0n) is 14.2. The minimum absolute atomic E-state index is 0.743. The van der Waals surface area contributed by atoms with E-state index in [1.807, 2.05) is 17.4 Å². The molecule has 24 heavy (non-hydrogen) atoms. The number of rotatable bonds is 4. The lowest BCUT2D eigenvalue weighted by atomic mass is 10.0. The summed E-state index contributed by atoms with van der Waals surface area (Å²) in [6.45, 7) is 5.12. The molecule has 128 valence electrons. The molecule has 0 saturated carbocycles. The highest BCUT2D eigenvalue weighted by atomic mass is 32.1. The number of hydrogen-bond donors (Lipinski definition) is 0. The van der Waals surface area contributed by atoms with Crippen molar-refractivity contribution >= 4 is 16.5 Å². The molecule has 3 heterocycles. The average Bonchev–Trinajstić information content (AvgIpc) is 3.07. The molecule has 0 atom stereocenters. The molecule has 2 aromatic heterocycles. The fourth-order valence-electron chi connectivity index (χ4n) is 3.54. The minimum atomic E-state index is 0.743. The van der Waals surface area contributed by atoms with Crippen LogP contribution in [0.2, 0.25) is 0 Å². The van der Waals surface area contributed by atoms with Crippen molar-refractivity contribution < 1.29 is 4.74 Å². The first kappa shape index (κ1) is 15.8. The molecule has 0 radical (unpaired) electrons. The van der Waals surface area contributed by atoms with Crippen LogP contribution in [0.5, 0.6) is 5.88 Å². The Kier molecular flexibility index (Phi) is 4.67. The van der Waals surface area contributed by atoms with E-state index in [0.29, 0.717) is 0 Å². The SMILES string of the molecule is COc1ncccc1CN1CCN(c2nc3c(s2)CCCC3)CC1. The highest BCUT2D eigenvalue weighted by molar-refractivity contribution is 7.15. The quantitative estimate of drug-likeness (QED) is 0.853. The zero-order chi connectivity index (χ0) is 16.4. The molecule has 6 heteroatoms. The van der Waals surface area contributed by atoms with E-state index in [1.165, 1.54) is 41.4 Å². The number of piperazine rings is 1. The predicted molar refractivity (Wildman–Crippen MR) is 97.0 cm³/mol. The monoisotopic (exact) mass is 344 g/mol. The molecule has 1 aliphatic heterocycles. The molecule has 0 unspecified atom stereocenters. The maximum absolute atomic E-state index is 5.37. The van der Waals surface area contributed by atoms with Crippen LogP contribution in [0.1, 0.15) is 29.0 Å². The van der Waals surface area contributed by atoms with Gasteiger partial charge in [-0.25, -0.2) is 9.97 Å².